The molecule has 1 aliphatic rings. The first-order valence-electron chi connectivity index (χ1n) is 11.6. The lowest BCUT2D eigenvalue weighted by atomic mass is 9.95. The zero-order valence-electron chi connectivity index (χ0n) is 20.2. The Morgan fingerprint density at radius 2 is 1.94 bits per heavy atom. The van der Waals surface area contributed by atoms with E-state index in [0.29, 0.717) is 11.1 Å². The molecule has 10 heteroatoms. The number of nitrogens with one attached hydrogen (secondary N) is 1. The average Bonchev–Trinajstić information content (AvgIpc) is 3.34. The van der Waals surface area contributed by atoms with E-state index in [1.54, 1.807) is 18.3 Å². The average molecular weight is 518 g/mol. The molecule has 0 aliphatic heterocycles. The van der Waals surface area contributed by atoms with Crippen LogP contribution in [0.2, 0.25) is 0 Å². The van der Waals surface area contributed by atoms with Gasteiger partial charge in [0.25, 0.3) is 5.91 Å². The molecule has 0 atom stereocenters. The second-order valence-corrected chi connectivity index (χ2v) is 9.63. The second kappa shape index (κ2) is 10.3. The van der Waals surface area contributed by atoms with Crippen LogP contribution in [0, 0.1) is 13.8 Å². The molecule has 0 saturated heterocycles. The van der Waals surface area contributed by atoms with Crippen LogP contribution in [0.5, 0.6) is 0 Å². The first kappa shape index (κ1) is 25.7. The Hall–Kier alpha value is -3.40. The van der Waals surface area contributed by atoms with Gasteiger partial charge >= 0.3 is 12.1 Å². The second-order valence-electron chi connectivity index (χ2n) is 8.55. The van der Waals surface area contributed by atoms with E-state index in [2.05, 4.69) is 10.5 Å². The molecule has 2 heterocycles. The Kier molecular flexibility index (Phi) is 7.35. The maximum Gasteiger partial charge on any atom is 0.416 e. The van der Waals surface area contributed by atoms with Gasteiger partial charge in [-0.05, 0) is 76.3 Å². The van der Waals surface area contributed by atoms with Crippen LogP contribution in [0.15, 0.2) is 35.4 Å². The minimum absolute atomic E-state index is 0.143. The van der Waals surface area contributed by atoms with E-state index in [4.69, 9.17) is 4.74 Å². The molecule has 0 unspecified atom stereocenters. The molecule has 6 nitrogen and oxygen atoms in total. The van der Waals surface area contributed by atoms with Gasteiger partial charge in [0.2, 0.25) is 0 Å². The third kappa shape index (κ3) is 5.09. The van der Waals surface area contributed by atoms with Crippen molar-refractivity contribution in [3.8, 4) is 5.00 Å². The minimum Gasteiger partial charge on any atom is -0.462 e. The number of alkyl halides is 3. The van der Waals surface area contributed by atoms with Crippen LogP contribution in [-0.4, -0.2) is 29.3 Å². The lowest BCUT2D eigenvalue weighted by molar-refractivity contribution is -0.137. The number of carbonyl (C=O) groups excluding carboxylic acids is 2. The zero-order chi connectivity index (χ0) is 26.0. The largest absolute Gasteiger partial charge is 0.462 e. The van der Waals surface area contributed by atoms with Crippen LogP contribution < -0.4 is 5.43 Å². The fourth-order valence-corrected chi connectivity index (χ4v) is 5.90. The van der Waals surface area contributed by atoms with Crippen molar-refractivity contribution >= 4 is 29.4 Å². The molecular formula is C26H26F3N3O3S. The molecule has 0 saturated carbocycles. The Labute approximate surface area is 210 Å². The summed E-state index contributed by atoms with van der Waals surface area (Å²) in [5, 5.41) is 4.77. The van der Waals surface area contributed by atoms with E-state index in [0.717, 1.165) is 59.8 Å². The fourth-order valence-electron chi connectivity index (χ4n) is 4.42. The van der Waals surface area contributed by atoms with Crippen molar-refractivity contribution in [2.45, 2.75) is 52.6 Å². The molecule has 0 radical (unpaired) electrons. The van der Waals surface area contributed by atoms with Gasteiger partial charge in [-0.1, -0.05) is 6.07 Å². The van der Waals surface area contributed by atoms with Gasteiger partial charge in [-0.15, -0.1) is 11.3 Å². The Morgan fingerprint density at radius 1 is 1.19 bits per heavy atom. The first-order valence-corrected chi connectivity index (χ1v) is 12.4. The minimum atomic E-state index is -4.54. The van der Waals surface area contributed by atoms with Gasteiger partial charge in [0.15, 0.2) is 0 Å². The number of nitrogens with zero attached hydrogens (tertiary/aromatic N) is 2. The van der Waals surface area contributed by atoms with Gasteiger partial charge in [-0.2, -0.15) is 18.3 Å². The molecule has 190 valence electrons. The fraction of sp³-hybridized carbons (Fsp3) is 0.346. The highest BCUT2D eigenvalue weighted by atomic mass is 32.1. The monoisotopic (exact) mass is 517 g/mol. The van der Waals surface area contributed by atoms with Gasteiger partial charge in [0.1, 0.15) is 5.00 Å². The lowest BCUT2D eigenvalue weighted by Crippen LogP contribution is -2.18. The van der Waals surface area contributed by atoms with E-state index < -0.39 is 17.6 Å². The molecule has 1 N–H and O–H groups in total. The molecule has 0 spiro atoms. The van der Waals surface area contributed by atoms with Crippen LogP contribution in [0.3, 0.4) is 0 Å². The molecular weight excluding hydrogens is 491 g/mol. The number of benzene rings is 1. The van der Waals surface area contributed by atoms with Crippen LogP contribution >= 0.6 is 11.3 Å². The van der Waals surface area contributed by atoms with Crippen molar-refractivity contribution in [2.24, 2.45) is 5.10 Å². The highest BCUT2D eigenvalue weighted by Gasteiger charge is 2.31. The Balaban J connectivity index is 1.61. The summed E-state index contributed by atoms with van der Waals surface area (Å²) in [6.07, 6.45) is 0.796. The van der Waals surface area contributed by atoms with Gasteiger partial charge < -0.3 is 9.30 Å². The molecule has 1 aliphatic carbocycles. The summed E-state index contributed by atoms with van der Waals surface area (Å²) < 4.78 is 46.2. The molecule has 4 rings (SSSR count). The van der Waals surface area contributed by atoms with E-state index in [1.165, 1.54) is 23.2 Å². The summed E-state index contributed by atoms with van der Waals surface area (Å²) in [6.45, 7) is 5.87. The number of aromatic nitrogens is 1. The van der Waals surface area contributed by atoms with Crippen LogP contribution in [0.4, 0.5) is 13.2 Å². The highest BCUT2D eigenvalue weighted by Crippen LogP contribution is 2.39. The quantitative estimate of drug-likeness (QED) is 0.248. The van der Waals surface area contributed by atoms with E-state index in [-0.39, 0.29) is 18.1 Å². The summed E-state index contributed by atoms with van der Waals surface area (Å²) in [6, 6.07) is 6.04. The van der Waals surface area contributed by atoms with Crippen molar-refractivity contribution in [2.75, 3.05) is 6.61 Å². The molecule has 36 heavy (non-hydrogen) atoms. The topological polar surface area (TPSA) is 72.7 Å². The van der Waals surface area contributed by atoms with Gasteiger partial charge in [0.05, 0.1) is 23.9 Å². The van der Waals surface area contributed by atoms with Gasteiger partial charge in [-0.25, -0.2) is 10.2 Å². The van der Waals surface area contributed by atoms with Crippen LogP contribution in [-0.2, 0) is 23.8 Å². The lowest BCUT2D eigenvalue weighted by Gasteiger charge is -2.13. The molecule has 1 amide bonds. The van der Waals surface area contributed by atoms with Crippen molar-refractivity contribution in [1.29, 1.82) is 0 Å². The Morgan fingerprint density at radius 3 is 2.67 bits per heavy atom. The Bertz CT molecular complexity index is 1340. The summed E-state index contributed by atoms with van der Waals surface area (Å²) in [5.74, 6) is -1.08. The number of aryl methyl sites for hydroxylation is 2. The number of hydrogen-bond acceptors (Lipinski definition) is 5. The number of carbonyl (C=O) groups is 2. The SMILES string of the molecule is CCOC(=O)c1c(-n2c(C)cc(/C=N/NC(=O)c3cccc(C(F)(F)F)c3)c2C)sc2c1CCCC2. The van der Waals surface area contributed by atoms with Crippen LogP contribution in [0.1, 0.15) is 73.4 Å². The predicted molar refractivity (Wildman–Crippen MR) is 132 cm³/mol. The van der Waals surface area contributed by atoms with Crippen molar-refractivity contribution in [1.82, 2.24) is 9.99 Å². The number of rotatable bonds is 6. The normalized spacial score (nSPS) is 13.6. The summed E-state index contributed by atoms with van der Waals surface area (Å²) >= 11 is 1.60. The molecule has 2 aromatic heterocycles. The number of esters is 1. The predicted octanol–water partition coefficient (Wildman–Crippen LogP) is 5.99. The maximum atomic E-state index is 12.9. The summed E-state index contributed by atoms with van der Waals surface area (Å²) in [7, 11) is 0. The zero-order valence-corrected chi connectivity index (χ0v) is 21.0. The van der Waals surface area contributed by atoms with E-state index in [1.807, 2.05) is 24.5 Å². The standard InChI is InChI=1S/C26H26F3N3O3S/c1-4-35-25(34)22-20-10-5-6-11-21(20)36-24(22)32-15(2)12-18(16(32)3)14-30-31-23(33)17-8-7-9-19(13-17)26(27,28)29/h7-9,12-14H,4-6,10-11H2,1-3H3,(H,31,33)/b30-14+. The van der Waals surface area contributed by atoms with Gasteiger partial charge in [0, 0.05) is 27.4 Å². The third-order valence-corrected chi connectivity index (χ3v) is 7.40. The maximum absolute atomic E-state index is 12.9. The van der Waals surface area contributed by atoms with E-state index in [9.17, 15) is 22.8 Å². The number of hydrazone groups is 1. The van der Waals surface area contributed by atoms with Crippen LogP contribution in [0.25, 0.3) is 5.00 Å². The molecule has 0 bridgehead atoms. The number of fused-ring (bicyclic) bond motifs is 1. The number of hydrogen-bond donors (Lipinski definition) is 1. The smallest absolute Gasteiger partial charge is 0.416 e. The molecule has 1 aromatic carbocycles. The van der Waals surface area contributed by atoms with Crippen molar-refractivity contribution in [3.05, 3.63) is 74.4 Å². The third-order valence-electron chi connectivity index (χ3n) is 6.13. The number of halogens is 3. The molecule has 0 fully saturated rings. The summed E-state index contributed by atoms with van der Waals surface area (Å²) in [5.41, 5.74) is 5.32. The summed E-state index contributed by atoms with van der Waals surface area (Å²) in [4.78, 5) is 26.4. The van der Waals surface area contributed by atoms with Crippen molar-refractivity contribution < 1.29 is 27.5 Å². The number of ether oxygens (including phenoxy) is 1. The van der Waals surface area contributed by atoms with Crippen molar-refractivity contribution in [3.63, 3.8) is 0 Å². The van der Waals surface area contributed by atoms with E-state index >= 15 is 0 Å². The number of amides is 1. The van der Waals surface area contributed by atoms with Gasteiger partial charge in [-0.3, -0.25) is 4.79 Å². The molecule has 3 aromatic rings. The number of thiophene rings is 1. The first-order chi connectivity index (χ1) is 17.1. The highest BCUT2D eigenvalue weighted by molar-refractivity contribution is 7.15.